The van der Waals surface area contributed by atoms with Gasteiger partial charge in [0.05, 0.1) is 0 Å². The van der Waals surface area contributed by atoms with E-state index in [2.05, 4.69) is 20.0 Å². The van der Waals surface area contributed by atoms with Crippen molar-refractivity contribution in [2.24, 2.45) is 0 Å². The summed E-state index contributed by atoms with van der Waals surface area (Å²) in [7, 11) is 0. The number of alkyl halides is 3. The van der Waals surface area contributed by atoms with Gasteiger partial charge in [-0.05, 0) is 31.3 Å². The Labute approximate surface area is 129 Å². The van der Waals surface area contributed by atoms with Crippen LogP contribution in [-0.2, 0) is 16.5 Å². The Morgan fingerprint density at radius 1 is 1.39 bits per heavy atom. The van der Waals surface area contributed by atoms with E-state index in [9.17, 15) is 18.0 Å². The van der Waals surface area contributed by atoms with Crippen LogP contribution in [0.3, 0.4) is 0 Å². The van der Waals surface area contributed by atoms with E-state index in [1.54, 1.807) is 0 Å². The number of nitrogens with one attached hydrogen (secondary N) is 1. The first kappa shape index (κ1) is 15.6. The van der Waals surface area contributed by atoms with E-state index in [1.165, 1.54) is 0 Å². The third-order valence-corrected chi connectivity index (χ3v) is 3.63. The van der Waals surface area contributed by atoms with E-state index >= 15 is 0 Å². The molecule has 0 spiro atoms. The molecular weight excluding hydrogens is 315 g/mol. The number of aromatic nitrogens is 2. The fraction of sp³-hybridized carbons (Fsp3) is 0.500. The van der Waals surface area contributed by atoms with E-state index in [0.29, 0.717) is 12.8 Å². The second kappa shape index (κ2) is 5.71. The first-order chi connectivity index (χ1) is 10.9. The van der Waals surface area contributed by atoms with Crippen LogP contribution in [0.1, 0.15) is 37.4 Å². The molecule has 23 heavy (non-hydrogen) atoms. The van der Waals surface area contributed by atoms with E-state index in [1.807, 2.05) is 18.2 Å². The van der Waals surface area contributed by atoms with Gasteiger partial charge >= 0.3 is 18.2 Å². The molecule has 0 radical (unpaired) electrons. The van der Waals surface area contributed by atoms with Gasteiger partial charge in [-0.15, -0.1) is 0 Å². The van der Waals surface area contributed by atoms with Gasteiger partial charge < -0.3 is 14.6 Å². The summed E-state index contributed by atoms with van der Waals surface area (Å²) in [6.45, 7) is 0.110. The van der Waals surface area contributed by atoms with Crippen molar-refractivity contribution in [3.8, 4) is 0 Å². The van der Waals surface area contributed by atoms with Crippen LogP contribution in [0.15, 0.2) is 28.3 Å². The zero-order valence-corrected chi connectivity index (χ0v) is 12.0. The molecule has 1 aromatic rings. The molecule has 6 nitrogen and oxygen atoms in total. The molecule has 2 aliphatic carbocycles. The van der Waals surface area contributed by atoms with Crippen molar-refractivity contribution in [3.63, 3.8) is 0 Å². The Hall–Kier alpha value is -2.32. The average Bonchev–Trinajstić information content (AvgIpc) is 3.09. The Morgan fingerprint density at radius 2 is 2.17 bits per heavy atom. The molecule has 3 rings (SSSR count). The maximum absolute atomic E-state index is 12.5. The monoisotopic (exact) mass is 329 g/mol. The van der Waals surface area contributed by atoms with E-state index in [0.717, 1.165) is 18.4 Å². The lowest BCUT2D eigenvalue weighted by molar-refractivity contribution is -0.159. The normalized spacial score (nSPS) is 19.2. The van der Waals surface area contributed by atoms with Gasteiger partial charge in [-0.3, -0.25) is 0 Å². The molecule has 9 heteroatoms. The minimum atomic E-state index is -4.71. The van der Waals surface area contributed by atoms with Gasteiger partial charge in [-0.25, -0.2) is 4.79 Å². The van der Waals surface area contributed by atoms with Gasteiger partial charge in [0.15, 0.2) is 5.82 Å². The van der Waals surface area contributed by atoms with Crippen LogP contribution < -0.4 is 5.32 Å². The minimum absolute atomic E-state index is 0.110. The molecule has 0 saturated heterocycles. The highest BCUT2D eigenvalue weighted by molar-refractivity contribution is 5.69. The molecule has 0 bridgehead atoms. The Bertz CT molecular complexity index is 660. The summed E-state index contributed by atoms with van der Waals surface area (Å²) >= 11 is 0. The molecule has 1 heterocycles. The fourth-order valence-electron chi connectivity index (χ4n) is 2.22. The minimum Gasteiger partial charge on any atom is -0.445 e. The highest BCUT2D eigenvalue weighted by atomic mass is 19.4. The van der Waals surface area contributed by atoms with E-state index in [4.69, 9.17) is 4.74 Å². The van der Waals surface area contributed by atoms with Gasteiger partial charge in [-0.2, -0.15) is 18.2 Å². The van der Waals surface area contributed by atoms with Crippen molar-refractivity contribution in [2.45, 2.75) is 37.4 Å². The maximum Gasteiger partial charge on any atom is 0.471 e. The van der Waals surface area contributed by atoms with Crippen molar-refractivity contribution < 1.29 is 27.2 Å². The molecule has 1 N–H and O–H groups in total. The zero-order valence-electron chi connectivity index (χ0n) is 12.0. The quantitative estimate of drug-likeness (QED) is 0.918. The van der Waals surface area contributed by atoms with Gasteiger partial charge in [0.2, 0.25) is 0 Å². The fourth-order valence-corrected chi connectivity index (χ4v) is 2.22. The molecule has 1 fully saturated rings. The molecule has 1 amide bonds. The number of carbonyl (C=O) groups excluding carboxylic acids is 1. The van der Waals surface area contributed by atoms with Crippen LogP contribution in [-0.4, -0.2) is 22.8 Å². The summed E-state index contributed by atoms with van der Waals surface area (Å²) < 4.78 is 46.7. The van der Waals surface area contributed by atoms with Crippen molar-refractivity contribution in [1.82, 2.24) is 15.5 Å². The van der Waals surface area contributed by atoms with Crippen molar-refractivity contribution in [2.75, 3.05) is 6.61 Å². The van der Waals surface area contributed by atoms with Crippen LogP contribution in [0.25, 0.3) is 0 Å². The lowest BCUT2D eigenvalue weighted by Gasteiger charge is -2.14. The number of hydrogen-bond acceptors (Lipinski definition) is 5. The second-order valence-corrected chi connectivity index (χ2v) is 5.46. The molecule has 1 saturated carbocycles. The first-order valence-electron chi connectivity index (χ1n) is 7.11. The van der Waals surface area contributed by atoms with Gasteiger partial charge in [-0.1, -0.05) is 23.4 Å². The summed E-state index contributed by atoms with van der Waals surface area (Å²) in [6, 6.07) is 0. The molecule has 0 aromatic carbocycles. The summed E-state index contributed by atoms with van der Waals surface area (Å²) in [6.07, 6.45) is 3.11. The summed E-state index contributed by atoms with van der Waals surface area (Å²) in [5.41, 5.74) is -0.143. The molecule has 1 aromatic heterocycles. The third-order valence-electron chi connectivity index (χ3n) is 3.63. The molecule has 0 unspecified atom stereocenters. The topological polar surface area (TPSA) is 77.3 Å². The summed E-state index contributed by atoms with van der Waals surface area (Å²) in [4.78, 5) is 15.1. The van der Waals surface area contributed by atoms with Gasteiger partial charge in [0.25, 0.3) is 0 Å². The van der Waals surface area contributed by atoms with Crippen LogP contribution in [0.4, 0.5) is 18.0 Å². The van der Waals surface area contributed by atoms with Gasteiger partial charge in [0, 0.05) is 0 Å². The number of nitrogens with zero attached hydrogens (tertiary/aromatic N) is 2. The highest BCUT2D eigenvalue weighted by Crippen LogP contribution is 2.44. The number of rotatable bonds is 4. The smallest absolute Gasteiger partial charge is 0.445 e. The van der Waals surface area contributed by atoms with E-state index < -0.39 is 23.7 Å². The summed E-state index contributed by atoms with van der Waals surface area (Å²) in [5.74, 6) is -1.61. The number of ether oxygens (including phenoxy) is 1. The van der Waals surface area contributed by atoms with Crippen molar-refractivity contribution in [1.29, 1.82) is 0 Å². The predicted molar refractivity (Wildman–Crippen MR) is 71.2 cm³/mol. The summed E-state index contributed by atoms with van der Waals surface area (Å²) in [5, 5.41) is 5.84. The zero-order chi connectivity index (χ0) is 16.5. The number of allylic oxidation sites excluding steroid dienone is 2. The number of halogens is 3. The van der Waals surface area contributed by atoms with Crippen LogP contribution in [0.5, 0.6) is 0 Å². The van der Waals surface area contributed by atoms with Crippen molar-refractivity contribution >= 4 is 6.09 Å². The van der Waals surface area contributed by atoms with Gasteiger partial charge in [0.1, 0.15) is 12.1 Å². The molecular formula is C14H14F3N3O3. The van der Waals surface area contributed by atoms with E-state index in [-0.39, 0.29) is 12.4 Å². The number of amides is 1. The lowest BCUT2D eigenvalue weighted by atomic mass is 10.1. The molecule has 2 aliphatic rings. The maximum atomic E-state index is 12.5. The van der Waals surface area contributed by atoms with Crippen molar-refractivity contribution in [3.05, 3.63) is 35.5 Å². The molecule has 0 aliphatic heterocycles. The average molecular weight is 329 g/mol. The Morgan fingerprint density at radius 3 is 2.74 bits per heavy atom. The third kappa shape index (κ3) is 3.54. The van der Waals surface area contributed by atoms with Crippen LogP contribution in [0, 0.1) is 0 Å². The molecule has 124 valence electrons. The second-order valence-electron chi connectivity index (χ2n) is 5.46. The lowest BCUT2D eigenvalue weighted by Crippen LogP contribution is -2.36. The Balaban J connectivity index is 1.58. The standard InChI is InChI=1S/C14H14F3N3O3/c15-14(16,17)11-18-10(20-23-11)13(6-7-13)19-12(21)22-8-9-4-2-1-3-5-9/h2,4-5H,1,3,6-8H2,(H,19,21). The highest BCUT2D eigenvalue weighted by Gasteiger charge is 2.52. The SMILES string of the molecule is O=C(NC1(c2noc(C(F)(F)F)n2)CC1)OCC1=CCCC=C1. The first-order valence-corrected chi connectivity index (χ1v) is 7.11. The number of alkyl carbamates (subject to hydrolysis) is 1. The van der Waals surface area contributed by atoms with Crippen LogP contribution in [0.2, 0.25) is 0 Å². The predicted octanol–water partition coefficient (Wildman–Crippen LogP) is 3.08. The largest absolute Gasteiger partial charge is 0.471 e. The Kier molecular flexibility index (Phi) is 3.87. The van der Waals surface area contributed by atoms with Crippen LogP contribution >= 0.6 is 0 Å². The molecule has 0 atom stereocenters. The number of carbonyl (C=O) groups is 1. The number of hydrogen-bond donors (Lipinski definition) is 1.